The van der Waals surface area contributed by atoms with Gasteiger partial charge in [-0.15, -0.1) is 0 Å². The fourth-order valence-corrected chi connectivity index (χ4v) is 6.06. The molecule has 7 rings (SSSR count). The Hall–Kier alpha value is -4.88. The summed E-state index contributed by atoms with van der Waals surface area (Å²) in [4.78, 5) is 29.6. The molecule has 13 nitrogen and oxygen atoms in total. The molecule has 13 heteroatoms. The molecular formula is C31H35N10O3+. The molecule has 2 fully saturated rings. The van der Waals surface area contributed by atoms with Crippen molar-refractivity contribution in [1.29, 1.82) is 0 Å². The summed E-state index contributed by atoms with van der Waals surface area (Å²) in [5, 5.41) is 10.9. The monoisotopic (exact) mass is 595 g/mol. The Labute approximate surface area is 254 Å². The summed E-state index contributed by atoms with van der Waals surface area (Å²) in [6.45, 7) is 4.20. The minimum atomic E-state index is -0.254. The molecule has 2 saturated heterocycles. The van der Waals surface area contributed by atoms with Gasteiger partial charge in [0.2, 0.25) is 5.82 Å². The molecule has 2 atom stereocenters. The Morgan fingerprint density at radius 3 is 2.77 bits per heavy atom. The van der Waals surface area contributed by atoms with Crippen molar-refractivity contribution in [3.63, 3.8) is 0 Å². The number of carbonyl (C=O) groups excluding carboxylic acids is 1. The number of fused-ring (bicyclic) bond motifs is 1. The zero-order valence-corrected chi connectivity index (χ0v) is 24.3. The second-order valence-corrected chi connectivity index (χ2v) is 11.2. The first-order chi connectivity index (χ1) is 21.6. The van der Waals surface area contributed by atoms with Gasteiger partial charge < -0.3 is 25.1 Å². The zero-order chi connectivity index (χ0) is 29.9. The third kappa shape index (κ3) is 5.83. The number of aromatic nitrogens is 7. The van der Waals surface area contributed by atoms with Crippen LogP contribution in [0, 0.1) is 0 Å². The van der Waals surface area contributed by atoms with Crippen LogP contribution >= 0.6 is 0 Å². The van der Waals surface area contributed by atoms with Crippen molar-refractivity contribution in [2.75, 3.05) is 45.1 Å². The SMILES string of the molecule is Nc1nc(-c2cccc(C(Cc3ccccc3)N3CCN(C(=O)OC4CCOC4)CC3)c2)[n+](Cc2cn[nH]n2)c2nc[nH]c12. The summed E-state index contributed by atoms with van der Waals surface area (Å²) in [7, 11) is 0. The van der Waals surface area contributed by atoms with Gasteiger partial charge in [-0.25, -0.2) is 9.36 Å². The number of benzene rings is 2. The van der Waals surface area contributed by atoms with Crippen LogP contribution < -0.4 is 10.3 Å². The van der Waals surface area contributed by atoms with Gasteiger partial charge in [0.15, 0.2) is 11.8 Å². The lowest BCUT2D eigenvalue weighted by Crippen LogP contribution is -2.50. The van der Waals surface area contributed by atoms with Crippen LogP contribution in [0.2, 0.25) is 0 Å². The predicted molar refractivity (Wildman–Crippen MR) is 161 cm³/mol. The molecule has 0 bridgehead atoms. The van der Waals surface area contributed by atoms with E-state index in [9.17, 15) is 4.79 Å². The summed E-state index contributed by atoms with van der Waals surface area (Å²) in [5.74, 6) is 1.07. The van der Waals surface area contributed by atoms with Crippen molar-refractivity contribution < 1.29 is 18.8 Å². The number of nitrogens with zero attached hydrogens (tertiary/aromatic N) is 7. The van der Waals surface area contributed by atoms with E-state index < -0.39 is 0 Å². The summed E-state index contributed by atoms with van der Waals surface area (Å²) < 4.78 is 13.1. The normalized spacial score (nSPS) is 18.1. The topological polar surface area (TPSA) is 155 Å². The average Bonchev–Trinajstić information content (AvgIpc) is 3.86. The highest BCUT2D eigenvalue weighted by atomic mass is 16.6. The maximum absolute atomic E-state index is 12.8. The summed E-state index contributed by atoms with van der Waals surface area (Å²) in [5.41, 5.74) is 11.8. The highest BCUT2D eigenvalue weighted by molar-refractivity contribution is 5.80. The highest BCUT2D eigenvalue weighted by Crippen LogP contribution is 2.30. The van der Waals surface area contributed by atoms with Crippen LogP contribution in [0.1, 0.15) is 29.3 Å². The number of imidazole rings is 1. The number of nitrogens with two attached hydrogens (primary N) is 1. The van der Waals surface area contributed by atoms with E-state index in [2.05, 4.69) is 72.7 Å². The molecule has 2 aliphatic heterocycles. The van der Waals surface area contributed by atoms with Crippen LogP contribution in [-0.2, 0) is 22.4 Å². The molecule has 2 aromatic carbocycles. The van der Waals surface area contributed by atoms with Gasteiger partial charge in [0.1, 0.15) is 18.3 Å². The minimum Gasteiger partial charge on any atom is -0.444 e. The van der Waals surface area contributed by atoms with Gasteiger partial charge in [-0.1, -0.05) is 52.4 Å². The smallest absolute Gasteiger partial charge is 0.410 e. The van der Waals surface area contributed by atoms with E-state index in [1.54, 1.807) is 12.5 Å². The van der Waals surface area contributed by atoms with Crippen molar-refractivity contribution in [2.24, 2.45) is 0 Å². The number of nitrogens with one attached hydrogen (secondary N) is 2. The molecule has 1 amide bonds. The Balaban J connectivity index is 1.19. The number of amides is 1. The van der Waals surface area contributed by atoms with E-state index in [1.165, 1.54) is 5.56 Å². The van der Waals surface area contributed by atoms with E-state index >= 15 is 0 Å². The minimum absolute atomic E-state index is 0.0780. The predicted octanol–water partition coefficient (Wildman–Crippen LogP) is 2.49. The molecule has 0 aliphatic carbocycles. The van der Waals surface area contributed by atoms with Gasteiger partial charge >= 0.3 is 6.09 Å². The van der Waals surface area contributed by atoms with E-state index in [1.807, 2.05) is 21.6 Å². The Morgan fingerprint density at radius 1 is 1.14 bits per heavy atom. The van der Waals surface area contributed by atoms with E-state index in [0.29, 0.717) is 55.7 Å². The molecule has 2 unspecified atom stereocenters. The molecule has 226 valence electrons. The molecule has 0 radical (unpaired) electrons. The van der Waals surface area contributed by atoms with Crippen molar-refractivity contribution in [2.45, 2.75) is 31.5 Å². The number of piperazine rings is 1. The number of anilines is 1. The fraction of sp³-hybridized carbons (Fsp3) is 0.355. The zero-order valence-electron chi connectivity index (χ0n) is 24.3. The van der Waals surface area contributed by atoms with Crippen LogP contribution in [-0.4, -0.2) is 91.8 Å². The largest absolute Gasteiger partial charge is 0.444 e. The first-order valence-corrected chi connectivity index (χ1v) is 14.9. The second-order valence-electron chi connectivity index (χ2n) is 11.2. The Morgan fingerprint density at radius 2 is 2.00 bits per heavy atom. The highest BCUT2D eigenvalue weighted by Gasteiger charge is 2.31. The quantitative estimate of drug-likeness (QED) is 0.230. The number of carbonyl (C=O) groups is 1. The van der Waals surface area contributed by atoms with Gasteiger partial charge in [0, 0.05) is 38.6 Å². The first-order valence-electron chi connectivity index (χ1n) is 14.9. The van der Waals surface area contributed by atoms with Crippen molar-refractivity contribution in [1.82, 2.24) is 40.2 Å². The Kier molecular flexibility index (Phi) is 7.86. The standard InChI is InChI=1S/C31H34N10O3/c32-28-27-30(34-20-33-27)41(18-24-17-35-38-37-24)29(36-28)23-8-4-7-22(16-23)26(15-21-5-2-1-3-6-21)39-10-12-40(13-11-39)31(42)44-25-9-14-43-19-25/h1-8,16-17,20,25-26H,9-15,18-19H2,(H3,32,33,34,35,37,38)/p+1. The molecule has 3 aromatic heterocycles. The molecule has 0 spiro atoms. The summed E-state index contributed by atoms with van der Waals surface area (Å²) >= 11 is 0. The summed E-state index contributed by atoms with van der Waals surface area (Å²) in [6.07, 6.45) is 4.48. The molecule has 5 aromatic rings. The lowest BCUT2D eigenvalue weighted by molar-refractivity contribution is -0.656. The fourth-order valence-electron chi connectivity index (χ4n) is 6.06. The van der Waals surface area contributed by atoms with E-state index in [-0.39, 0.29) is 18.2 Å². The van der Waals surface area contributed by atoms with Gasteiger partial charge in [-0.2, -0.15) is 15.4 Å². The van der Waals surface area contributed by atoms with Gasteiger partial charge in [0.25, 0.3) is 11.5 Å². The van der Waals surface area contributed by atoms with Crippen LogP contribution in [0.15, 0.2) is 67.1 Å². The third-order valence-corrected chi connectivity index (χ3v) is 8.37. The summed E-state index contributed by atoms with van der Waals surface area (Å²) in [6, 6.07) is 19.0. The second kappa shape index (κ2) is 12.4. The maximum atomic E-state index is 12.8. The van der Waals surface area contributed by atoms with Crippen LogP contribution in [0.25, 0.3) is 22.6 Å². The molecule has 4 N–H and O–H groups in total. The molecule has 0 saturated carbocycles. The molecule has 2 aliphatic rings. The number of nitrogen functional groups attached to an aromatic ring is 1. The van der Waals surface area contributed by atoms with Gasteiger partial charge in [-0.3, -0.25) is 4.90 Å². The van der Waals surface area contributed by atoms with E-state index in [0.717, 1.165) is 42.8 Å². The van der Waals surface area contributed by atoms with Crippen LogP contribution in [0.5, 0.6) is 0 Å². The van der Waals surface area contributed by atoms with E-state index in [4.69, 9.17) is 20.2 Å². The molecule has 44 heavy (non-hydrogen) atoms. The van der Waals surface area contributed by atoms with Gasteiger partial charge in [-0.05, 0) is 29.7 Å². The van der Waals surface area contributed by atoms with Crippen molar-refractivity contribution in [3.05, 3.63) is 83.9 Å². The number of ether oxygens (including phenoxy) is 2. The first kappa shape index (κ1) is 27.9. The third-order valence-electron chi connectivity index (χ3n) is 8.37. The lowest BCUT2D eigenvalue weighted by Gasteiger charge is -2.39. The maximum Gasteiger partial charge on any atom is 0.410 e. The van der Waals surface area contributed by atoms with Crippen LogP contribution in [0.4, 0.5) is 10.6 Å². The lowest BCUT2D eigenvalue weighted by atomic mass is 9.95. The Bertz CT molecular complexity index is 1710. The van der Waals surface area contributed by atoms with Crippen LogP contribution in [0.3, 0.4) is 0 Å². The molecular weight excluding hydrogens is 560 g/mol. The van der Waals surface area contributed by atoms with Crippen molar-refractivity contribution >= 4 is 23.1 Å². The average molecular weight is 596 g/mol. The van der Waals surface area contributed by atoms with Gasteiger partial charge in [0.05, 0.1) is 25.0 Å². The van der Waals surface area contributed by atoms with Crippen molar-refractivity contribution in [3.8, 4) is 11.4 Å². The molecule has 5 heterocycles. The number of H-pyrrole nitrogens is 2. The number of rotatable bonds is 8. The number of hydrogen-bond acceptors (Lipinski definition) is 9. The number of hydrogen-bond donors (Lipinski definition) is 3. The number of aromatic amines is 2.